The van der Waals surface area contributed by atoms with Crippen LogP contribution in [0.1, 0.15) is 44.2 Å². The Morgan fingerprint density at radius 1 is 1.19 bits per heavy atom. The van der Waals surface area contributed by atoms with Crippen LogP contribution in [0.2, 0.25) is 0 Å². The molecule has 0 aliphatic rings. The first-order valence-corrected chi connectivity index (χ1v) is 6.32. The summed E-state index contributed by atoms with van der Waals surface area (Å²) in [5, 5.41) is 3.61. The number of hydrogen-bond acceptors (Lipinski definition) is 2. The van der Waals surface area contributed by atoms with Crippen molar-refractivity contribution < 1.29 is 0 Å². The standard InChI is InChI=1S/C14H24N2/c1-3-7-14(4-2)16-11-13-9-6-5-8-12(13)10-15/h5-6,8-9,14,16H,3-4,7,10-11,15H2,1-2H3. The fourth-order valence-corrected chi connectivity index (χ4v) is 1.98. The van der Waals surface area contributed by atoms with Crippen LogP contribution < -0.4 is 11.1 Å². The summed E-state index contributed by atoms with van der Waals surface area (Å²) in [5.74, 6) is 0. The third-order valence-corrected chi connectivity index (χ3v) is 3.05. The van der Waals surface area contributed by atoms with Crippen molar-refractivity contribution in [1.82, 2.24) is 5.32 Å². The molecular formula is C14H24N2. The normalized spacial score (nSPS) is 12.7. The zero-order valence-corrected chi connectivity index (χ0v) is 10.5. The molecule has 0 aromatic heterocycles. The van der Waals surface area contributed by atoms with E-state index in [0.717, 1.165) is 6.54 Å². The third kappa shape index (κ3) is 3.95. The molecule has 1 aromatic carbocycles. The Labute approximate surface area is 99.2 Å². The molecule has 0 heterocycles. The van der Waals surface area contributed by atoms with E-state index in [1.54, 1.807) is 0 Å². The second-order valence-corrected chi connectivity index (χ2v) is 4.25. The molecule has 1 atom stereocenters. The summed E-state index contributed by atoms with van der Waals surface area (Å²) >= 11 is 0. The van der Waals surface area contributed by atoms with Crippen molar-refractivity contribution in [3.63, 3.8) is 0 Å². The average molecular weight is 220 g/mol. The molecular weight excluding hydrogens is 196 g/mol. The van der Waals surface area contributed by atoms with Gasteiger partial charge < -0.3 is 11.1 Å². The Morgan fingerprint density at radius 2 is 1.88 bits per heavy atom. The highest BCUT2D eigenvalue weighted by molar-refractivity contribution is 5.26. The molecule has 0 fully saturated rings. The Kier molecular flexibility index (Phi) is 6.12. The van der Waals surface area contributed by atoms with Crippen molar-refractivity contribution in [2.45, 2.75) is 52.2 Å². The molecule has 1 unspecified atom stereocenters. The van der Waals surface area contributed by atoms with Crippen molar-refractivity contribution in [3.05, 3.63) is 35.4 Å². The molecule has 0 saturated heterocycles. The Bertz CT molecular complexity index is 297. The van der Waals surface area contributed by atoms with E-state index in [4.69, 9.17) is 5.73 Å². The summed E-state index contributed by atoms with van der Waals surface area (Å²) in [7, 11) is 0. The molecule has 0 amide bonds. The van der Waals surface area contributed by atoms with Crippen LogP contribution in [0.3, 0.4) is 0 Å². The molecule has 3 N–H and O–H groups in total. The van der Waals surface area contributed by atoms with E-state index in [-0.39, 0.29) is 0 Å². The maximum Gasteiger partial charge on any atom is 0.0211 e. The highest BCUT2D eigenvalue weighted by atomic mass is 14.9. The van der Waals surface area contributed by atoms with Gasteiger partial charge in [0.1, 0.15) is 0 Å². The maximum absolute atomic E-state index is 5.72. The van der Waals surface area contributed by atoms with Gasteiger partial charge in [-0.05, 0) is 24.0 Å². The van der Waals surface area contributed by atoms with Crippen LogP contribution in [0, 0.1) is 0 Å². The Balaban J connectivity index is 2.52. The molecule has 16 heavy (non-hydrogen) atoms. The van der Waals surface area contributed by atoms with Gasteiger partial charge in [0.05, 0.1) is 0 Å². The summed E-state index contributed by atoms with van der Waals surface area (Å²) in [6, 6.07) is 9.04. The van der Waals surface area contributed by atoms with Gasteiger partial charge in [-0.25, -0.2) is 0 Å². The smallest absolute Gasteiger partial charge is 0.0211 e. The molecule has 0 aliphatic heterocycles. The highest BCUT2D eigenvalue weighted by Crippen LogP contribution is 2.09. The Morgan fingerprint density at radius 3 is 2.44 bits per heavy atom. The number of nitrogens with two attached hydrogens (primary N) is 1. The average Bonchev–Trinajstić information content (AvgIpc) is 2.34. The topological polar surface area (TPSA) is 38.0 Å². The van der Waals surface area contributed by atoms with E-state index in [9.17, 15) is 0 Å². The van der Waals surface area contributed by atoms with Crippen LogP contribution in [0.15, 0.2) is 24.3 Å². The summed E-state index contributed by atoms with van der Waals surface area (Å²) in [5.41, 5.74) is 8.30. The van der Waals surface area contributed by atoms with E-state index < -0.39 is 0 Å². The molecule has 0 spiro atoms. The third-order valence-electron chi connectivity index (χ3n) is 3.05. The molecule has 0 radical (unpaired) electrons. The first-order chi connectivity index (χ1) is 7.81. The van der Waals surface area contributed by atoms with Gasteiger partial charge in [-0.2, -0.15) is 0 Å². The van der Waals surface area contributed by atoms with E-state index in [1.165, 1.54) is 30.4 Å². The van der Waals surface area contributed by atoms with E-state index in [2.05, 4.69) is 43.4 Å². The predicted molar refractivity (Wildman–Crippen MR) is 70.2 cm³/mol. The molecule has 0 saturated carbocycles. The fourth-order valence-electron chi connectivity index (χ4n) is 1.98. The van der Waals surface area contributed by atoms with Crippen molar-refractivity contribution in [1.29, 1.82) is 0 Å². The lowest BCUT2D eigenvalue weighted by molar-refractivity contribution is 0.461. The van der Waals surface area contributed by atoms with Gasteiger partial charge in [-0.3, -0.25) is 0 Å². The SMILES string of the molecule is CCCC(CC)NCc1ccccc1CN. The van der Waals surface area contributed by atoms with Gasteiger partial charge in [0.15, 0.2) is 0 Å². The van der Waals surface area contributed by atoms with Crippen molar-refractivity contribution in [2.75, 3.05) is 0 Å². The molecule has 1 aromatic rings. The fraction of sp³-hybridized carbons (Fsp3) is 0.571. The molecule has 1 rings (SSSR count). The minimum Gasteiger partial charge on any atom is -0.326 e. The second-order valence-electron chi connectivity index (χ2n) is 4.25. The van der Waals surface area contributed by atoms with Crippen LogP contribution >= 0.6 is 0 Å². The zero-order valence-electron chi connectivity index (χ0n) is 10.5. The first kappa shape index (κ1) is 13.2. The lowest BCUT2D eigenvalue weighted by Gasteiger charge is -2.17. The predicted octanol–water partition coefficient (Wildman–Crippen LogP) is 2.81. The molecule has 90 valence electrons. The summed E-state index contributed by atoms with van der Waals surface area (Å²) in [4.78, 5) is 0. The quantitative estimate of drug-likeness (QED) is 0.741. The molecule has 0 bridgehead atoms. The molecule has 2 nitrogen and oxygen atoms in total. The monoisotopic (exact) mass is 220 g/mol. The van der Waals surface area contributed by atoms with Crippen molar-refractivity contribution >= 4 is 0 Å². The largest absolute Gasteiger partial charge is 0.326 e. The number of benzene rings is 1. The lowest BCUT2D eigenvalue weighted by Crippen LogP contribution is -2.28. The minimum absolute atomic E-state index is 0.627. The Hall–Kier alpha value is -0.860. The lowest BCUT2D eigenvalue weighted by atomic mass is 10.1. The van der Waals surface area contributed by atoms with Crippen LogP contribution in [0.25, 0.3) is 0 Å². The summed E-state index contributed by atoms with van der Waals surface area (Å²) in [6.45, 7) is 6.04. The molecule has 2 heteroatoms. The van der Waals surface area contributed by atoms with Gasteiger partial charge in [-0.15, -0.1) is 0 Å². The highest BCUT2D eigenvalue weighted by Gasteiger charge is 2.05. The van der Waals surface area contributed by atoms with Gasteiger partial charge in [0.25, 0.3) is 0 Å². The maximum atomic E-state index is 5.72. The van der Waals surface area contributed by atoms with E-state index in [0.29, 0.717) is 12.6 Å². The first-order valence-electron chi connectivity index (χ1n) is 6.32. The van der Waals surface area contributed by atoms with Crippen LogP contribution in [-0.2, 0) is 13.1 Å². The van der Waals surface area contributed by atoms with E-state index >= 15 is 0 Å². The van der Waals surface area contributed by atoms with Crippen molar-refractivity contribution in [2.24, 2.45) is 5.73 Å². The zero-order chi connectivity index (χ0) is 11.8. The van der Waals surface area contributed by atoms with Crippen LogP contribution in [-0.4, -0.2) is 6.04 Å². The molecule has 0 aliphatic carbocycles. The van der Waals surface area contributed by atoms with Crippen LogP contribution in [0.4, 0.5) is 0 Å². The summed E-state index contributed by atoms with van der Waals surface area (Å²) in [6.07, 6.45) is 3.68. The van der Waals surface area contributed by atoms with Gasteiger partial charge in [0.2, 0.25) is 0 Å². The van der Waals surface area contributed by atoms with Crippen LogP contribution in [0.5, 0.6) is 0 Å². The van der Waals surface area contributed by atoms with Gasteiger partial charge >= 0.3 is 0 Å². The minimum atomic E-state index is 0.627. The number of rotatable bonds is 7. The number of hydrogen-bond donors (Lipinski definition) is 2. The van der Waals surface area contributed by atoms with Crippen molar-refractivity contribution in [3.8, 4) is 0 Å². The summed E-state index contributed by atoms with van der Waals surface area (Å²) < 4.78 is 0. The second kappa shape index (κ2) is 7.42. The van der Waals surface area contributed by atoms with Gasteiger partial charge in [0, 0.05) is 19.1 Å². The van der Waals surface area contributed by atoms with E-state index in [1.807, 2.05) is 0 Å². The van der Waals surface area contributed by atoms with Gasteiger partial charge in [-0.1, -0.05) is 44.5 Å². The number of nitrogens with one attached hydrogen (secondary N) is 1.